The molecule has 0 saturated heterocycles. The Kier molecular flexibility index (Phi) is 2.89. The van der Waals surface area contributed by atoms with Crippen LogP contribution in [-0.4, -0.2) is 10.9 Å². The van der Waals surface area contributed by atoms with Crippen molar-refractivity contribution in [1.82, 2.24) is 0 Å². The van der Waals surface area contributed by atoms with Gasteiger partial charge in [-0.1, -0.05) is 0 Å². The van der Waals surface area contributed by atoms with Crippen molar-refractivity contribution < 1.29 is 5.85 Å². The summed E-state index contributed by atoms with van der Waals surface area (Å²) in [6, 6.07) is 0. The summed E-state index contributed by atoms with van der Waals surface area (Å²) < 4.78 is 17.0. The van der Waals surface area contributed by atoms with Gasteiger partial charge >= 0.3 is 51.4 Å². The molecule has 0 aliphatic heterocycles. The fraction of sp³-hybridized carbons (Fsp3) is 1.00. The predicted molar refractivity (Wildman–Crippen MR) is 32.8 cm³/mol. The third-order valence-electron chi connectivity index (χ3n) is 0.227. The van der Waals surface area contributed by atoms with Gasteiger partial charge in [0, 0.05) is 0 Å². The Balaban J connectivity index is 3.56. The summed E-state index contributed by atoms with van der Waals surface area (Å²) in [7, 11) is 0.924. The monoisotopic (exact) mass is 201 g/mol. The third-order valence-corrected chi connectivity index (χ3v) is 0.505. The van der Waals surface area contributed by atoms with Crippen LogP contribution in [0.25, 0.3) is 0 Å². The van der Waals surface area contributed by atoms with Crippen molar-refractivity contribution in [1.29, 1.82) is 0 Å². The van der Waals surface area contributed by atoms with Gasteiger partial charge in [-0.25, -0.2) is 0 Å². The molecule has 0 amide bonds. The van der Waals surface area contributed by atoms with Gasteiger partial charge in [-0.15, -0.1) is 0 Å². The number of alkyl halides is 1. The molecule has 1 nitrogen and oxygen atoms in total. The van der Waals surface area contributed by atoms with Gasteiger partial charge in [0.15, 0.2) is 0 Å². The van der Waals surface area contributed by atoms with Crippen molar-refractivity contribution >= 4 is 29.7 Å². The van der Waals surface area contributed by atoms with Crippen molar-refractivity contribution in [3.8, 4) is 0 Å². The van der Waals surface area contributed by atoms with Crippen LogP contribution >= 0.6 is 22.6 Å². The predicted octanol–water partition coefficient (Wildman–Crippen LogP) is 1.54. The third kappa shape index (κ3) is 4.52. The van der Waals surface area contributed by atoms with Crippen LogP contribution < -0.4 is 0 Å². The summed E-state index contributed by atoms with van der Waals surface area (Å²) in [5.74, 6) is 0. The topological polar surface area (TPSA) is 12.4 Å². The van der Waals surface area contributed by atoms with E-state index in [2.05, 4.69) is 5.12 Å². The first-order valence-corrected chi connectivity index (χ1v) is 2.48. The Morgan fingerprint density at radius 1 is 2.33 bits per heavy atom. The van der Waals surface area contributed by atoms with Gasteiger partial charge in [0.05, 0.1) is 0 Å². The van der Waals surface area contributed by atoms with E-state index in [4.69, 9.17) is 1.37 Å². The maximum atomic E-state index is 10.9. The van der Waals surface area contributed by atoms with E-state index in [1.54, 1.807) is 22.6 Å². The van der Waals surface area contributed by atoms with Crippen LogP contribution in [-0.2, 0) is 0 Å². The molecule has 0 aromatic rings. The van der Waals surface area contributed by atoms with Gasteiger partial charge in [0.1, 0.15) is 0 Å². The zero-order chi connectivity index (χ0) is 5.91. The fourth-order valence-electron chi connectivity index (χ4n) is 0.0672. The summed E-state index contributed by atoms with van der Waals surface area (Å²) in [5.41, 5.74) is 0. The second-order valence-electron chi connectivity index (χ2n) is 0.813. The first-order chi connectivity index (χ1) is 3.06. The van der Waals surface area contributed by atoms with Gasteiger partial charge in [-0.2, -0.15) is 0 Å². The zero-order valence-corrected chi connectivity index (χ0v) is 5.44. The summed E-state index contributed by atoms with van der Waals surface area (Å²) in [4.78, 5) is 0. The Hall–Kier alpha value is 0.525. The van der Waals surface area contributed by atoms with E-state index in [9.17, 15) is 4.48 Å². The Morgan fingerprint density at radius 3 is 2.83 bits per heavy atom. The van der Waals surface area contributed by atoms with Gasteiger partial charge in [0.2, 0.25) is 0 Å². The molecule has 34 valence electrons. The number of hydrogen-bond donors (Lipinski definition) is 0. The number of nitrogens with zero attached hydrogens (tertiary/aromatic N) is 1. The molecule has 6 heavy (non-hydrogen) atoms. The van der Waals surface area contributed by atoms with Crippen LogP contribution in [0.4, 0.5) is 4.48 Å². The minimum absolute atomic E-state index is 0.896. The second kappa shape index (κ2) is 3.71. The minimum atomic E-state index is -0.896. The van der Waals surface area contributed by atoms with Crippen LogP contribution in [0, 0.1) is 0 Å². The maximum absolute atomic E-state index is 10.9. The van der Waals surface area contributed by atoms with Crippen molar-refractivity contribution in [3.05, 3.63) is 0 Å². The molecule has 0 rings (SSSR count). The normalized spacial score (nSPS) is 22.2. The second-order valence-corrected chi connectivity index (χ2v) is 2.52. The van der Waals surface area contributed by atoms with Gasteiger partial charge < -0.3 is 0 Å². The number of halogens is 2. The Labute approximate surface area is 51.8 Å². The summed E-state index contributed by atoms with van der Waals surface area (Å²) in [6.45, 7) is 1.54. The zero-order valence-electron chi connectivity index (χ0n) is 4.28. The van der Waals surface area contributed by atoms with E-state index in [1.165, 1.54) is 6.92 Å². The summed E-state index contributed by atoms with van der Waals surface area (Å²) >= 11 is 1.75. The average molecular weight is 201 g/mol. The van der Waals surface area contributed by atoms with Crippen molar-refractivity contribution in [2.24, 2.45) is 5.12 Å². The standard InChI is InChI=1S/C2H4BFIN/c1-2(5)3-6-4/h2H,1H3/i2T. The molecular formula is C2H4BFIN. The molecule has 0 aromatic carbocycles. The van der Waals surface area contributed by atoms with Crippen LogP contribution in [0.1, 0.15) is 8.29 Å². The van der Waals surface area contributed by atoms with Crippen LogP contribution in [0.3, 0.4) is 0 Å². The van der Waals surface area contributed by atoms with E-state index in [0.29, 0.717) is 0 Å². The average Bonchev–Trinajstić information content (AvgIpc) is 1.30. The van der Waals surface area contributed by atoms with E-state index < -0.39 is 3.80 Å². The molecule has 0 aliphatic carbocycles. The quantitative estimate of drug-likeness (QED) is 0.346. The molecule has 4 heteroatoms. The number of rotatable bonds is 1. The fourth-order valence-corrected chi connectivity index (χ4v) is 0.173. The molecule has 0 bridgehead atoms. The molecule has 0 aromatic heterocycles. The summed E-state index contributed by atoms with van der Waals surface area (Å²) in [5, 5.41) is 2.19. The molecule has 0 fully saturated rings. The Bertz CT molecular complexity index is 80.2. The number of hydrogen-bond acceptors (Lipinski definition) is 1. The molecule has 1 atom stereocenters. The summed E-state index contributed by atoms with van der Waals surface area (Å²) in [6.07, 6.45) is 0. The van der Waals surface area contributed by atoms with Gasteiger partial charge in [0.25, 0.3) is 0 Å². The van der Waals surface area contributed by atoms with Gasteiger partial charge in [-0.3, -0.25) is 0 Å². The van der Waals surface area contributed by atoms with Gasteiger partial charge in [-0.05, 0) is 0 Å². The van der Waals surface area contributed by atoms with Crippen molar-refractivity contribution in [2.75, 3.05) is 0 Å². The molecule has 0 aliphatic rings. The molecule has 0 saturated carbocycles. The first-order valence-electron chi connectivity index (χ1n) is 1.90. The van der Waals surface area contributed by atoms with Crippen molar-refractivity contribution in [3.63, 3.8) is 0 Å². The molecular weight excluding hydrogens is 195 g/mol. The van der Waals surface area contributed by atoms with E-state index in [-0.39, 0.29) is 0 Å². The molecule has 0 radical (unpaired) electrons. The van der Waals surface area contributed by atoms with Crippen LogP contribution in [0.15, 0.2) is 5.12 Å². The Morgan fingerprint density at radius 2 is 2.83 bits per heavy atom. The van der Waals surface area contributed by atoms with Crippen LogP contribution in [0.5, 0.6) is 0 Å². The molecule has 1 unspecified atom stereocenters. The van der Waals surface area contributed by atoms with E-state index in [0.717, 1.165) is 7.07 Å². The van der Waals surface area contributed by atoms with E-state index in [1.807, 2.05) is 0 Å². The molecule has 0 heterocycles. The first kappa shape index (κ1) is 4.68. The SMILES string of the molecule is [3H]C(C)(I)B=NF. The van der Waals surface area contributed by atoms with Crippen LogP contribution in [0.2, 0.25) is 0 Å². The molecule has 0 N–H and O–H groups in total. The molecule has 0 spiro atoms. The van der Waals surface area contributed by atoms with E-state index >= 15 is 0 Å². The van der Waals surface area contributed by atoms with Crippen molar-refractivity contribution in [2.45, 2.75) is 10.7 Å².